The molecule has 36 heavy (non-hydrogen) atoms. The third-order valence-electron chi connectivity index (χ3n) is 5.82. The van der Waals surface area contributed by atoms with Crippen LogP contribution >= 0.6 is 0 Å². The fourth-order valence-corrected chi connectivity index (χ4v) is 4.12. The van der Waals surface area contributed by atoms with Crippen LogP contribution in [-0.4, -0.2) is 36.0 Å². The zero-order valence-corrected chi connectivity index (χ0v) is 20.1. The average molecular weight is 486 g/mol. The van der Waals surface area contributed by atoms with Crippen molar-refractivity contribution in [1.82, 2.24) is 0 Å². The topological polar surface area (TPSA) is 93.1 Å². The van der Waals surface area contributed by atoms with Crippen LogP contribution in [0.4, 0.5) is 5.69 Å². The molecule has 1 saturated heterocycles. The lowest BCUT2D eigenvalue weighted by Crippen LogP contribution is -2.29. The third-order valence-corrected chi connectivity index (χ3v) is 5.82. The highest BCUT2D eigenvalue weighted by Gasteiger charge is 2.46. The van der Waals surface area contributed by atoms with Crippen LogP contribution < -0.4 is 9.64 Å². The molecule has 0 saturated carbocycles. The molecule has 184 valence electrons. The van der Waals surface area contributed by atoms with Crippen LogP contribution in [0.2, 0.25) is 0 Å². The van der Waals surface area contributed by atoms with Crippen molar-refractivity contribution in [2.75, 3.05) is 18.1 Å². The first-order valence-corrected chi connectivity index (χ1v) is 11.8. The van der Waals surface area contributed by atoms with Crippen molar-refractivity contribution in [3.05, 3.63) is 101 Å². The van der Waals surface area contributed by atoms with E-state index in [1.54, 1.807) is 72.8 Å². The number of hydrogen-bond donors (Lipinski definition) is 1. The molecule has 0 aromatic heterocycles. The summed E-state index contributed by atoms with van der Waals surface area (Å²) in [5.74, 6) is -1.65. The summed E-state index contributed by atoms with van der Waals surface area (Å²) in [6.07, 6.45) is 0.708. The second-order valence-electron chi connectivity index (χ2n) is 8.22. The first kappa shape index (κ1) is 24.7. The molecule has 3 aromatic rings. The summed E-state index contributed by atoms with van der Waals surface area (Å²) >= 11 is 0. The Morgan fingerprint density at radius 1 is 0.889 bits per heavy atom. The highest BCUT2D eigenvalue weighted by atomic mass is 16.5. The normalized spacial score (nSPS) is 16.7. The lowest BCUT2D eigenvalue weighted by atomic mass is 9.95. The van der Waals surface area contributed by atoms with E-state index in [0.29, 0.717) is 47.8 Å². The molecule has 0 bridgehead atoms. The second-order valence-corrected chi connectivity index (χ2v) is 8.22. The first-order chi connectivity index (χ1) is 17.5. The van der Waals surface area contributed by atoms with Crippen LogP contribution in [-0.2, 0) is 14.3 Å². The number of benzene rings is 3. The van der Waals surface area contributed by atoms with Gasteiger partial charge in [0.05, 0.1) is 30.4 Å². The molecular formula is C29H27NO6. The van der Waals surface area contributed by atoms with E-state index in [1.165, 1.54) is 4.90 Å². The quantitative estimate of drug-likeness (QED) is 0.202. The van der Waals surface area contributed by atoms with Gasteiger partial charge in [-0.2, -0.15) is 0 Å². The van der Waals surface area contributed by atoms with Gasteiger partial charge in [0.1, 0.15) is 11.5 Å². The number of hydrogen-bond acceptors (Lipinski definition) is 6. The van der Waals surface area contributed by atoms with E-state index in [2.05, 4.69) is 0 Å². The SMILES string of the molecule is CCCOC(=O)c1ccc(N2C(=O)C(=O)/C(=C(/O)c3ccc(OCC)cc3)C2c2ccccc2)cc1. The van der Waals surface area contributed by atoms with Gasteiger partial charge in [-0.15, -0.1) is 0 Å². The van der Waals surface area contributed by atoms with Gasteiger partial charge in [0.15, 0.2) is 0 Å². The Morgan fingerprint density at radius 3 is 2.14 bits per heavy atom. The molecule has 1 aliphatic heterocycles. The minimum atomic E-state index is -0.851. The third kappa shape index (κ3) is 4.86. The summed E-state index contributed by atoms with van der Waals surface area (Å²) in [5.41, 5.74) is 1.81. The molecule has 7 nitrogen and oxygen atoms in total. The lowest BCUT2D eigenvalue weighted by molar-refractivity contribution is -0.132. The van der Waals surface area contributed by atoms with Crippen LogP contribution in [0.25, 0.3) is 5.76 Å². The van der Waals surface area contributed by atoms with E-state index in [-0.39, 0.29) is 11.3 Å². The highest BCUT2D eigenvalue weighted by Crippen LogP contribution is 2.42. The molecule has 1 aliphatic rings. The fourth-order valence-electron chi connectivity index (χ4n) is 4.12. The summed E-state index contributed by atoms with van der Waals surface area (Å²) in [4.78, 5) is 40.0. The van der Waals surface area contributed by atoms with Gasteiger partial charge in [0.2, 0.25) is 0 Å². The zero-order chi connectivity index (χ0) is 25.7. The number of ether oxygens (including phenoxy) is 2. The number of carbonyl (C=O) groups is 3. The molecule has 0 radical (unpaired) electrons. The molecule has 1 N–H and O–H groups in total. The molecule has 1 fully saturated rings. The summed E-state index contributed by atoms with van der Waals surface area (Å²) in [7, 11) is 0. The first-order valence-electron chi connectivity index (χ1n) is 11.8. The molecule has 0 aliphatic carbocycles. The molecule has 7 heteroatoms. The molecule has 4 rings (SSSR count). The van der Waals surface area contributed by atoms with E-state index in [4.69, 9.17) is 9.47 Å². The minimum Gasteiger partial charge on any atom is -0.507 e. The number of Topliss-reactive ketones (excluding diaryl/α,β-unsaturated/α-hetero) is 1. The molecule has 3 aromatic carbocycles. The van der Waals surface area contributed by atoms with Crippen molar-refractivity contribution >= 4 is 29.1 Å². The van der Waals surface area contributed by atoms with Crippen LogP contribution in [0.15, 0.2) is 84.4 Å². The van der Waals surface area contributed by atoms with E-state index < -0.39 is 23.7 Å². The molecule has 1 amide bonds. The predicted octanol–water partition coefficient (Wildman–Crippen LogP) is 5.28. The Balaban J connectivity index is 1.77. The van der Waals surface area contributed by atoms with Crippen LogP contribution in [0.1, 0.15) is 47.8 Å². The van der Waals surface area contributed by atoms with E-state index >= 15 is 0 Å². The molecule has 0 spiro atoms. The average Bonchev–Trinajstić information content (AvgIpc) is 3.18. The Kier molecular flexibility index (Phi) is 7.49. The van der Waals surface area contributed by atoms with Gasteiger partial charge >= 0.3 is 5.97 Å². The maximum absolute atomic E-state index is 13.3. The Labute approximate surface area is 209 Å². The Hall–Kier alpha value is -4.39. The van der Waals surface area contributed by atoms with Gasteiger partial charge in [0, 0.05) is 11.3 Å². The van der Waals surface area contributed by atoms with Gasteiger partial charge in [-0.1, -0.05) is 37.3 Å². The van der Waals surface area contributed by atoms with Crippen molar-refractivity contribution < 1.29 is 29.0 Å². The predicted molar refractivity (Wildman–Crippen MR) is 136 cm³/mol. The smallest absolute Gasteiger partial charge is 0.338 e. The number of carbonyl (C=O) groups excluding carboxylic acids is 3. The van der Waals surface area contributed by atoms with Crippen LogP contribution in [0, 0.1) is 0 Å². The van der Waals surface area contributed by atoms with E-state index in [9.17, 15) is 19.5 Å². The van der Waals surface area contributed by atoms with Gasteiger partial charge in [0.25, 0.3) is 11.7 Å². The van der Waals surface area contributed by atoms with Crippen molar-refractivity contribution in [3.8, 4) is 5.75 Å². The van der Waals surface area contributed by atoms with Crippen LogP contribution in [0.5, 0.6) is 5.75 Å². The molecule has 1 atom stereocenters. The number of aliphatic hydroxyl groups is 1. The van der Waals surface area contributed by atoms with Gasteiger partial charge in [-0.05, 0) is 67.4 Å². The maximum atomic E-state index is 13.3. The van der Waals surface area contributed by atoms with Crippen LogP contribution in [0.3, 0.4) is 0 Å². The van der Waals surface area contributed by atoms with Crippen molar-refractivity contribution in [2.24, 2.45) is 0 Å². The Morgan fingerprint density at radius 2 is 1.53 bits per heavy atom. The standard InChI is InChI=1S/C29H27NO6/c1-3-18-36-29(34)21-10-14-22(15-11-21)30-25(19-8-6-5-7-9-19)24(27(32)28(30)33)26(31)20-12-16-23(17-13-20)35-4-2/h5-17,25,31H,3-4,18H2,1-2H3/b26-24+. The summed E-state index contributed by atoms with van der Waals surface area (Å²) in [5, 5.41) is 11.2. The number of rotatable bonds is 8. The molecule has 1 heterocycles. The fraction of sp³-hybridized carbons (Fsp3) is 0.207. The summed E-state index contributed by atoms with van der Waals surface area (Å²) < 4.78 is 10.6. The second kappa shape index (κ2) is 10.9. The zero-order valence-electron chi connectivity index (χ0n) is 20.1. The number of nitrogens with zero attached hydrogens (tertiary/aromatic N) is 1. The molecule has 1 unspecified atom stereocenters. The summed E-state index contributed by atoms with van der Waals surface area (Å²) in [6, 6.07) is 21.2. The summed E-state index contributed by atoms with van der Waals surface area (Å²) in [6.45, 7) is 4.59. The maximum Gasteiger partial charge on any atom is 0.338 e. The number of ketones is 1. The lowest BCUT2D eigenvalue weighted by Gasteiger charge is -2.25. The van der Waals surface area contributed by atoms with Crippen molar-refractivity contribution in [2.45, 2.75) is 26.3 Å². The van der Waals surface area contributed by atoms with Gasteiger partial charge in [-0.3, -0.25) is 14.5 Å². The number of amides is 1. The largest absolute Gasteiger partial charge is 0.507 e. The Bertz CT molecular complexity index is 1280. The monoisotopic (exact) mass is 485 g/mol. The number of aliphatic hydroxyl groups excluding tert-OH is 1. The highest BCUT2D eigenvalue weighted by molar-refractivity contribution is 6.51. The minimum absolute atomic E-state index is 0.0122. The van der Waals surface area contributed by atoms with E-state index in [1.807, 2.05) is 19.9 Å². The molecular weight excluding hydrogens is 458 g/mol. The van der Waals surface area contributed by atoms with Crippen molar-refractivity contribution in [1.29, 1.82) is 0 Å². The number of anilines is 1. The van der Waals surface area contributed by atoms with Crippen molar-refractivity contribution in [3.63, 3.8) is 0 Å². The van der Waals surface area contributed by atoms with Gasteiger partial charge in [-0.25, -0.2) is 4.79 Å². The van der Waals surface area contributed by atoms with Gasteiger partial charge < -0.3 is 14.6 Å². The van der Waals surface area contributed by atoms with E-state index in [0.717, 1.165) is 0 Å². The number of esters is 1.